The summed E-state index contributed by atoms with van der Waals surface area (Å²) in [7, 11) is 0. The zero-order valence-corrected chi connectivity index (χ0v) is 22.5. The summed E-state index contributed by atoms with van der Waals surface area (Å²) in [4.78, 5) is 26.0. The Labute approximate surface area is 214 Å². The fourth-order valence-corrected chi connectivity index (χ4v) is 4.75. The average Bonchev–Trinajstić information content (AvgIpc) is 3.18. The number of halogens is 6. The van der Waals surface area contributed by atoms with Gasteiger partial charge in [-0.25, -0.2) is 0 Å². The molecule has 12 heteroatoms. The Morgan fingerprint density at radius 1 is 1.00 bits per heavy atom. The normalized spacial score (nSPS) is 20.6. The summed E-state index contributed by atoms with van der Waals surface area (Å²) in [6, 6.07) is 0. The van der Waals surface area contributed by atoms with Crippen molar-refractivity contribution in [3.8, 4) is 0 Å². The topological polar surface area (TPSA) is 84.9 Å². The highest BCUT2D eigenvalue weighted by atomic mass is 19.4. The molecule has 0 heterocycles. The largest absolute Gasteiger partial charge is 0.464 e. The second kappa shape index (κ2) is 12.1. The number of aliphatic hydroxyl groups is 1. The van der Waals surface area contributed by atoms with E-state index in [1.807, 2.05) is 0 Å². The van der Waals surface area contributed by atoms with Gasteiger partial charge in [0.2, 0.25) is 0 Å². The Bertz CT molecular complexity index is 775. The minimum atomic E-state index is -4.85. The van der Waals surface area contributed by atoms with Crippen LogP contribution in [-0.4, -0.2) is 60.3 Å². The second-order valence-electron chi connectivity index (χ2n) is 11.4. The Balaban J connectivity index is 2.90. The summed E-state index contributed by atoms with van der Waals surface area (Å²) in [5, 5.41) is 12.2. The maximum absolute atomic E-state index is 13.4. The molecule has 3 unspecified atom stereocenters. The van der Waals surface area contributed by atoms with E-state index in [0.29, 0.717) is 32.6 Å². The van der Waals surface area contributed by atoms with Crippen molar-refractivity contribution in [2.45, 2.75) is 110 Å². The smallest absolute Gasteiger partial charge is 0.417 e. The van der Waals surface area contributed by atoms with E-state index in [4.69, 9.17) is 9.47 Å². The first-order valence-corrected chi connectivity index (χ1v) is 12.6. The molecule has 37 heavy (non-hydrogen) atoms. The average molecular weight is 550 g/mol. The highest BCUT2D eigenvalue weighted by Gasteiger charge is 2.56. The van der Waals surface area contributed by atoms with Crippen molar-refractivity contribution < 1.29 is 50.5 Å². The van der Waals surface area contributed by atoms with Crippen LogP contribution in [0, 0.1) is 16.7 Å². The van der Waals surface area contributed by atoms with Gasteiger partial charge in [-0.3, -0.25) is 9.59 Å². The Morgan fingerprint density at radius 2 is 1.54 bits per heavy atom. The molecule has 2 N–H and O–H groups in total. The van der Waals surface area contributed by atoms with Crippen molar-refractivity contribution in [2.24, 2.45) is 16.7 Å². The SMILES string of the molecule is CCC(C)(CC(C)(C)C(=O)OCCNCC(F)(F)F)C(=O)OC1(CC(C)C(C)(O)C(F)(F)F)CCCC1. The van der Waals surface area contributed by atoms with Crippen LogP contribution in [0.4, 0.5) is 26.3 Å². The summed E-state index contributed by atoms with van der Waals surface area (Å²) in [6.07, 6.45) is -7.07. The number of esters is 2. The van der Waals surface area contributed by atoms with Crippen molar-refractivity contribution in [1.29, 1.82) is 0 Å². The first-order chi connectivity index (χ1) is 16.6. The van der Waals surface area contributed by atoms with Crippen molar-refractivity contribution >= 4 is 11.9 Å². The fraction of sp³-hybridized carbons (Fsp3) is 0.920. The van der Waals surface area contributed by atoms with Crippen molar-refractivity contribution in [3.63, 3.8) is 0 Å². The summed E-state index contributed by atoms with van der Waals surface area (Å²) in [6.45, 7) is 6.72. The molecular formula is C25H41F6NO5. The molecule has 0 spiro atoms. The van der Waals surface area contributed by atoms with Crippen molar-refractivity contribution in [2.75, 3.05) is 19.7 Å². The summed E-state index contributed by atoms with van der Waals surface area (Å²) < 4.78 is 87.8. The standard InChI is InChI=1S/C25H41F6NO5/c1-7-21(5,15-20(3,4)18(33)36-13-12-32-16-24(26,27)28)19(34)37-23(10-8-9-11-23)14-17(2)22(6,35)25(29,30)31/h17,32,35H,7-16H2,1-6H3. The summed E-state index contributed by atoms with van der Waals surface area (Å²) in [5.74, 6) is -2.58. The van der Waals surface area contributed by atoms with Gasteiger partial charge in [-0.15, -0.1) is 0 Å². The van der Waals surface area contributed by atoms with Crippen LogP contribution in [0.2, 0.25) is 0 Å². The molecule has 1 fully saturated rings. The Morgan fingerprint density at radius 3 is 2.00 bits per heavy atom. The number of hydrogen-bond donors (Lipinski definition) is 2. The van der Waals surface area contributed by atoms with Crippen molar-refractivity contribution in [3.05, 3.63) is 0 Å². The van der Waals surface area contributed by atoms with E-state index in [2.05, 4.69) is 5.32 Å². The van der Waals surface area contributed by atoms with Crippen LogP contribution in [0.25, 0.3) is 0 Å². The van der Waals surface area contributed by atoms with Gasteiger partial charge in [0.05, 0.1) is 17.4 Å². The van der Waals surface area contributed by atoms with E-state index >= 15 is 0 Å². The van der Waals surface area contributed by atoms with Gasteiger partial charge in [0.15, 0.2) is 5.60 Å². The van der Waals surface area contributed by atoms with E-state index < -0.39 is 58.8 Å². The third-order valence-corrected chi connectivity index (χ3v) is 7.53. The Kier molecular flexibility index (Phi) is 10.9. The molecule has 0 amide bonds. The zero-order chi connectivity index (χ0) is 28.9. The van der Waals surface area contributed by atoms with Gasteiger partial charge in [-0.05, 0) is 78.6 Å². The summed E-state index contributed by atoms with van der Waals surface area (Å²) in [5.41, 5.74) is -6.48. The molecule has 6 nitrogen and oxygen atoms in total. The van der Waals surface area contributed by atoms with Gasteiger partial charge in [-0.2, -0.15) is 26.3 Å². The van der Waals surface area contributed by atoms with Gasteiger partial charge in [0.1, 0.15) is 12.2 Å². The molecule has 1 saturated carbocycles. The van der Waals surface area contributed by atoms with E-state index in [0.717, 1.165) is 0 Å². The van der Waals surface area contributed by atoms with Gasteiger partial charge in [0.25, 0.3) is 0 Å². The van der Waals surface area contributed by atoms with Gasteiger partial charge in [0, 0.05) is 6.54 Å². The molecule has 3 atom stereocenters. The van der Waals surface area contributed by atoms with Crippen LogP contribution >= 0.6 is 0 Å². The third-order valence-electron chi connectivity index (χ3n) is 7.53. The molecule has 218 valence electrons. The lowest BCUT2D eigenvalue weighted by molar-refractivity contribution is -0.274. The van der Waals surface area contributed by atoms with E-state index in [1.165, 1.54) is 6.92 Å². The van der Waals surface area contributed by atoms with Crippen LogP contribution in [0.15, 0.2) is 0 Å². The number of rotatable bonds is 13. The monoisotopic (exact) mass is 549 g/mol. The van der Waals surface area contributed by atoms with Crippen LogP contribution in [0.1, 0.15) is 86.5 Å². The lowest BCUT2D eigenvalue weighted by Crippen LogP contribution is -2.51. The molecule has 1 aliphatic carbocycles. The van der Waals surface area contributed by atoms with Gasteiger partial charge in [-0.1, -0.05) is 13.8 Å². The lowest BCUT2D eigenvalue weighted by atomic mass is 9.72. The molecule has 0 aromatic heterocycles. The van der Waals surface area contributed by atoms with Crippen molar-refractivity contribution in [1.82, 2.24) is 5.32 Å². The number of carbonyl (C=O) groups excluding carboxylic acids is 2. The predicted molar refractivity (Wildman–Crippen MR) is 124 cm³/mol. The molecule has 0 radical (unpaired) electrons. The highest BCUT2D eigenvalue weighted by Crippen LogP contribution is 2.47. The molecule has 0 saturated heterocycles. The maximum Gasteiger partial charge on any atom is 0.417 e. The number of alkyl halides is 6. The van der Waals surface area contributed by atoms with Crippen LogP contribution in [-0.2, 0) is 19.1 Å². The van der Waals surface area contributed by atoms with Crippen LogP contribution < -0.4 is 5.32 Å². The van der Waals surface area contributed by atoms with E-state index in [-0.39, 0.29) is 32.4 Å². The molecule has 0 aromatic rings. The molecular weight excluding hydrogens is 508 g/mol. The van der Waals surface area contributed by atoms with Crippen LogP contribution in [0.3, 0.4) is 0 Å². The molecule has 1 rings (SSSR count). The van der Waals surface area contributed by atoms with E-state index in [1.54, 1.807) is 27.7 Å². The number of carbonyl (C=O) groups is 2. The predicted octanol–water partition coefficient (Wildman–Crippen LogP) is 5.71. The van der Waals surface area contributed by atoms with E-state index in [9.17, 15) is 41.0 Å². The van der Waals surface area contributed by atoms with Gasteiger partial charge < -0.3 is 19.9 Å². The molecule has 0 aliphatic heterocycles. The minimum absolute atomic E-state index is 0.00392. The first kappa shape index (κ1) is 33.5. The summed E-state index contributed by atoms with van der Waals surface area (Å²) >= 11 is 0. The second-order valence-corrected chi connectivity index (χ2v) is 11.4. The lowest BCUT2D eigenvalue weighted by Gasteiger charge is -2.41. The Hall–Kier alpha value is -1.56. The number of ether oxygens (including phenoxy) is 2. The molecule has 0 bridgehead atoms. The number of nitrogens with one attached hydrogen (secondary N) is 1. The van der Waals surface area contributed by atoms with Crippen LogP contribution in [0.5, 0.6) is 0 Å². The molecule has 1 aliphatic rings. The fourth-order valence-electron chi connectivity index (χ4n) is 4.75. The first-order valence-electron chi connectivity index (χ1n) is 12.6. The minimum Gasteiger partial charge on any atom is -0.464 e. The molecule has 0 aromatic carbocycles. The highest BCUT2D eigenvalue weighted by molar-refractivity contribution is 5.80. The third kappa shape index (κ3) is 9.30. The zero-order valence-electron chi connectivity index (χ0n) is 22.5. The number of hydrogen-bond acceptors (Lipinski definition) is 6. The maximum atomic E-state index is 13.4. The quantitative estimate of drug-likeness (QED) is 0.174. The van der Waals surface area contributed by atoms with Gasteiger partial charge >= 0.3 is 24.3 Å².